The van der Waals surface area contributed by atoms with Gasteiger partial charge < -0.3 is 16.2 Å². The van der Waals surface area contributed by atoms with E-state index in [1.807, 2.05) is 30.3 Å². The Balaban J connectivity index is 2.71. The van der Waals surface area contributed by atoms with Crippen LogP contribution in [-0.2, 0) is 4.79 Å². The van der Waals surface area contributed by atoms with Crippen molar-refractivity contribution < 1.29 is 14.7 Å². The number of carboxylic acid groups (broad SMARTS) is 1. The van der Waals surface area contributed by atoms with E-state index >= 15 is 0 Å². The van der Waals surface area contributed by atoms with Crippen molar-refractivity contribution in [3.8, 4) is 0 Å². The molecule has 1 atom stereocenters. The maximum atomic E-state index is 10.8. The Hall–Kier alpha value is -2.04. The molecule has 5 heteroatoms. The number of carbonyl (C=O) groups excluding carboxylic acids is 1. The van der Waals surface area contributed by atoms with Gasteiger partial charge in [-0.1, -0.05) is 30.3 Å². The number of hydrogen-bond acceptors (Lipinski definition) is 2. The van der Waals surface area contributed by atoms with Gasteiger partial charge in [-0.3, -0.25) is 4.79 Å². The summed E-state index contributed by atoms with van der Waals surface area (Å²) < 4.78 is 0. The lowest BCUT2D eigenvalue weighted by molar-refractivity contribution is -0.137. The molecule has 0 saturated carbocycles. The third-order valence-electron chi connectivity index (χ3n) is 2.17. The minimum absolute atomic E-state index is 0.0140. The van der Waals surface area contributed by atoms with Crippen molar-refractivity contribution in [1.29, 1.82) is 0 Å². The Kier molecular flexibility index (Phi) is 4.32. The van der Waals surface area contributed by atoms with Crippen LogP contribution in [0.5, 0.6) is 0 Å². The van der Waals surface area contributed by atoms with Crippen molar-refractivity contribution in [2.45, 2.75) is 18.9 Å². The molecule has 0 aliphatic heterocycles. The monoisotopic (exact) mass is 222 g/mol. The summed E-state index contributed by atoms with van der Waals surface area (Å²) in [4.78, 5) is 21.3. The molecule has 0 fully saturated rings. The highest BCUT2D eigenvalue weighted by atomic mass is 16.4. The number of carbonyl (C=O) groups is 2. The predicted octanol–water partition coefficient (Wildman–Crippen LogP) is 1.26. The molecule has 0 aromatic heterocycles. The first-order valence-electron chi connectivity index (χ1n) is 4.92. The number of carboxylic acids is 1. The first-order chi connectivity index (χ1) is 7.59. The Labute approximate surface area is 93.3 Å². The Morgan fingerprint density at radius 2 is 1.94 bits per heavy atom. The molecule has 4 N–H and O–H groups in total. The van der Waals surface area contributed by atoms with Gasteiger partial charge >= 0.3 is 12.0 Å². The summed E-state index contributed by atoms with van der Waals surface area (Å²) in [6.45, 7) is 0. The number of hydrogen-bond donors (Lipinski definition) is 3. The largest absolute Gasteiger partial charge is 0.481 e. The molecule has 1 aromatic carbocycles. The molecule has 16 heavy (non-hydrogen) atoms. The minimum Gasteiger partial charge on any atom is -0.481 e. The molecule has 0 saturated heterocycles. The summed E-state index contributed by atoms with van der Waals surface area (Å²) in [6.07, 6.45) is 0.308. The zero-order chi connectivity index (χ0) is 12.0. The highest BCUT2D eigenvalue weighted by molar-refractivity contribution is 5.72. The summed E-state index contributed by atoms with van der Waals surface area (Å²) in [5.74, 6) is -0.896. The number of nitrogens with one attached hydrogen (secondary N) is 1. The second-order valence-electron chi connectivity index (χ2n) is 3.40. The molecule has 1 unspecified atom stereocenters. The fourth-order valence-electron chi connectivity index (χ4n) is 1.45. The van der Waals surface area contributed by atoms with Crippen molar-refractivity contribution in [2.24, 2.45) is 5.73 Å². The zero-order valence-corrected chi connectivity index (χ0v) is 8.72. The topological polar surface area (TPSA) is 92.4 Å². The van der Waals surface area contributed by atoms with Crippen LogP contribution in [-0.4, -0.2) is 17.1 Å². The number of aliphatic carboxylic acids is 1. The van der Waals surface area contributed by atoms with Gasteiger partial charge in [-0.25, -0.2) is 4.79 Å². The van der Waals surface area contributed by atoms with E-state index in [4.69, 9.17) is 10.8 Å². The maximum Gasteiger partial charge on any atom is 0.312 e. The first kappa shape index (κ1) is 12.0. The van der Waals surface area contributed by atoms with Crippen molar-refractivity contribution in [2.75, 3.05) is 0 Å². The average Bonchev–Trinajstić information content (AvgIpc) is 2.25. The summed E-state index contributed by atoms with van der Waals surface area (Å²) >= 11 is 0. The lowest BCUT2D eigenvalue weighted by atomic mass is 10.0. The molecular formula is C11H14N2O3. The summed E-state index contributed by atoms with van der Waals surface area (Å²) in [6, 6.07) is 8.14. The van der Waals surface area contributed by atoms with Gasteiger partial charge in [0.05, 0.1) is 6.04 Å². The number of primary amides is 1. The van der Waals surface area contributed by atoms with E-state index in [0.29, 0.717) is 6.42 Å². The SMILES string of the molecule is NC(=O)NC(CCC(=O)O)c1ccccc1. The fraction of sp³-hybridized carbons (Fsp3) is 0.273. The van der Waals surface area contributed by atoms with E-state index in [-0.39, 0.29) is 12.5 Å². The normalized spacial score (nSPS) is 11.8. The van der Waals surface area contributed by atoms with Crippen LogP contribution in [0.15, 0.2) is 30.3 Å². The molecule has 0 aliphatic carbocycles. The molecule has 2 amide bonds. The van der Waals surface area contributed by atoms with Gasteiger partial charge in [0.1, 0.15) is 0 Å². The maximum absolute atomic E-state index is 10.8. The number of nitrogens with two attached hydrogens (primary N) is 1. The van der Waals surface area contributed by atoms with E-state index in [2.05, 4.69) is 5.32 Å². The van der Waals surface area contributed by atoms with E-state index in [9.17, 15) is 9.59 Å². The molecule has 0 radical (unpaired) electrons. The molecular weight excluding hydrogens is 208 g/mol. The fourth-order valence-corrected chi connectivity index (χ4v) is 1.45. The zero-order valence-electron chi connectivity index (χ0n) is 8.72. The highest BCUT2D eigenvalue weighted by Gasteiger charge is 2.13. The average molecular weight is 222 g/mol. The smallest absolute Gasteiger partial charge is 0.312 e. The second-order valence-corrected chi connectivity index (χ2v) is 3.40. The third kappa shape index (κ3) is 4.00. The van der Waals surface area contributed by atoms with Gasteiger partial charge in [-0.05, 0) is 12.0 Å². The quantitative estimate of drug-likeness (QED) is 0.700. The van der Waals surface area contributed by atoms with Gasteiger partial charge in [0.25, 0.3) is 0 Å². The number of rotatable bonds is 5. The summed E-state index contributed by atoms with van der Waals surface area (Å²) in [7, 11) is 0. The molecule has 0 spiro atoms. The molecule has 1 rings (SSSR count). The van der Waals surface area contributed by atoms with Crippen LogP contribution >= 0.6 is 0 Å². The first-order valence-corrected chi connectivity index (χ1v) is 4.92. The lowest BCUT2D eigenvalue weighted by Gasteiger charge is -2.16. The standard InChI is InChI=1S/C11H14N2O3/c12-11(16)13-9(6-7-10(14)15)8-4-2-1-3-5-8/h1-5,9H,6-7H2,(H,14,15)(H3,12,13,16). The molecule has 5 nitrogen and oxygen atoms in total. The molecule has 0 aliphatic rings. The predicted molar refractivity (Wildman–Crippen MR) is 58.8 cm³/mol. The third-order valence-corrected chi connectivity index (χ3v) is 2.17. The van der Waals surface area contributed by atoms with Gasteiger partial charge in [0.2, 0.25) is 0 Å². The van der Waals surface area contributed by atoms with Crippen molar-refractivity contribution in [3.05, 3.63) is 35.9 Å². The van der Waals surface area contributed by atoms with Crippen LogP contribution in [0.3, 0.4) is 0 Å². The van der Waals surface area contributed by atoms with Crippen molar-refractivity contribution in [1.82, 2.24) is 5.32 Å². The summed E-state index contributed by atoms with van der Waals surface area (Å²) in [5, 5.41) is 11.1. The minimum atomic E-state index is -0.896. The Morgan fingerprint density at radius 1 is 1.31 bits per heavy atom. The summed E-state index contributed by atoms with van der Waals surface area (Å²) in [5.41, 5.74) is 5.89. The van der Waals surface area contributed by atoms with Crippen molar-refractivity contribution >= 4 is 12.0 Å². The highest BCUT2D eigenvalue weighted by Crippen LogP contribution is 2.17. The molecule has 0 heterocycles. The van der Waals surface area contributed by atoms with E-state index in [1.165, 1.54) is 0 Å². The van der Waals surface area contributed by atoms with E-state index in [0.717, 1.165) is 5.56 Å². The Morgan fingerprint density at radius 3 is 2.44 bits per heavy atom. The van der Waals surface area contributed by atoms with Crippen LogP contribution in [0.1, 0.15) is 24.4 Å². The lowest BCUT2D eigenvalue weighted by Crippen LogP contribution is -2.33. The van der Waals surface area contributed by atoms with Gasteiger partial charge in [0.15, 0.2) is 0 Å². The van der Waals surface area contributed by atoms with Gasteiger partial charge in [-0.2, -0.15) is 0 Å². The van der Waals surface area contributed by atoms with E-state index in [1.54, 1.807) is 0 Å². The van der Waals surface area contributed by atoms with Crippen LogP contribution in [0.25, 0.3) is 0 Å². The second kappa shape index (κ2) is 5.75. The van der Waals surface area contributed by atoms with Gasteiger partial charge in [0, 0.05) is 6.42 Å². The van der Waals surface area contributed by atoms with Gasteiger partial charge in [-0.15, -0.1) is 0 Å². The van der Waals surface area contributed by atoms with Crippen molar-refractivity contribution in [3.63, 3.8) is 0 Å². The molecule has 1 aromatic rings. The van der Waals surface area contributed by atoms with E-state index < -0.39 is 12.0 Å². The van der Waals surface area contributed by atoms with Crippen LogP contribution in [0.4, 0.5) is 4.79 Å². The number of amides is 2. The number of benzene rings is 1. The van der Waals surface area contributed by atoms with Crippen LogP contribution in [0.2, 0.25) is 0 Å². The Bertz CT molecular complexity index is 365. The van der Waals surface area contributed by atoms with Crippen LogP contribution in [0, 0.1) is 0 Å². The molecule has 86 valence electrons. The van der Waals surface area contributed by atoms with Crippen LogP contribution < -0.4 is 11.1 Å². The molecule has 0 bridgehead atoms. The number of urea groups is 1.